The number of ether oxygens (including phenoxy) is 1. The van der Waals surface area contributed by atoms with Gasteiger partial charge in [-0.3, -0.25) is 9.58 Å². The van der Waals surface area contributed by atoms with Crippen LogP contribution in [0, 0.1) is 11.2 Å². The average Bonchev–Trinajstić information content (AvgIpc) is 3.02. The Balaban J connectivity index is 1.90. The summed E-state index contributed by atoms with van der Waals surface area (Å²) in [5.74, 6) is 0.0721. The Hall–Kier alpha value is -3.09. The van der Waals surface area contributed by atoms with Gasteiger partial charge in [-0.2, -0.15) is 5.10 Å². The fraction of sp³-hybridized carbons (Fsp3) is 0.364. The van der Waals surface area contributed by atoms with Gasteiger partial charge in [0.1, 0.15) is 17.7 Å². The van der Waals surface area contributed by atoms with E-state index in [1.807, 2.05) is 25.2 Å². The predicted octanol–water partition coefficient (Wildman–Crippen LogP) is 4.54. The molecule has 0 aliphatic carbocycles. The molecule has 6 nitrogen and oxygen atoms in total. The van der Waals surface area contributed by atoms with Crippen LogP contribution in [0.15, 0.2) is 42.6 Å². The number of rotatable bonds is 2. The van der Waals surface area contributed by atoms with Crippen molar-refractivity contribution in [3.8, 4) is 5.75 Å². The minimum Gasteiger partial charge on any atom is -0.489 e. The number of benzene rings is 2. The molecule has 152 valence electrons. The van der Waals surface area contributed by atoms with Gasteiger partial charge in [0.05, 0.1) is 23.4 Å². The topological polar surface area (TPSA) is 73.4 Å². The maximum Gasteiger partial charge on any atom is 0.319 e. The summed E-state index contributed by atoms with van der Waals surface area (Å²) in [6, 6.07) is 9.16. The summed E-state index contributed by atoms with van der Waals surface area (Å²) < 4.78 is 21.8. The number of hydrogen-bond donors (Lipinski definition) is 1. The lowest BCUT2D eigenvalue weighted by Gasteiger charge is -2.42. The van der Waals surface area contributed by atoms with E-state index in [0.29, 0.717) is 17.9 Å². The van der Waals surface area contributed by atoms with E-state index in [1.54, 1.807) is 21.8 Å². The van der Waals surface area contributed by atoms with Crippen LogP contribution in [0.25, 0.3) is 10.9 Å². The summed E-state index contributed by atoms with van der Waals surface area (Å²) in [5.41, 5.74) is 8.00. The van der Waals surface area contributed by atoms with Gasteiger partial charge in [-0.1, -0.05) is 32.9 Å². The van der Waals surface area contributed by atoms with Crippen molar-refractivity contribution in [3.63, 3.8) is 0 Å². The molecule has 3 aromatic rings. The first kappa shape index (κ1) is 19.2. The summed E-state index contributed by atoms with van der Waals surface area (Å²) in [5, 5.41) is 5.15. The second-order valence-electron chi connectivity index (χ2n) is 8.59. The molecule has 2 N–H and O–H groups in total. The number of carbonyl (C=O) groups excluding carboxylic acids is 1. The Morgan fingerprint density at radius 1 is 1.31 bits per heavy atom. The van der Waals surface area contributed by atoms with E-state index in [4.69, 9.17) is 10.5 Å². The lowest BCUT2D eigenvalue weighted by Crippen LogP contribution is -2.46. The van der Waals surface area contributed by atoms with Crippen LogP contribution in [-0.4, -0.2) is 21.9 Å². The number of aryl methyl sites for hydroxylation is 1. The van der Waals surface area contributed by atoms with Gasteiger partial charge in [0.15, 0.2) is 0 Å². The monoisotopic (exact) mass is 396 g/mol. The number of primary amides is 1. The van der Waals surface area contributed by atoms with Crippen LogP contribution < -0.4 is 15.4 Å². The lowest BCUT2D eigenvalue weighted by molar-refractivity contribution is 0.0574. The van der Waals surface area contributed by atoms with E-state index in [2.05, 4.69) is 25.9 Å². The number of nitrogens with two attached hydrogens (primary N) is 1. The SMILES string of the molecule is Cn1ncc2c(N(C(N)=O)C3CC(C(C)(C)C)Oc4cc(F)ccc43)cccc21. The van der Waals surface area contributed by atoms with Gasteiger partial charge in [-0.15, -0.1) is 0 Å². The molecule has 2 amide bonds. The third-order valence-corrected chi connectivity index (χ3v) is 5.58. The van der Waals surface area contributed by atoms with E-state index in [-0.39, 0.29) is 23.4 Å². The molecule has 2 aromatic carbocycles. The minimum atomic E-state index is -0.573. The highest BCUT2D eigenvalue weighted by atomic mass is 19.1. The highest BCUT2D eigenvalue weighted by Gasteiger charge is 2.40. The highest BCUT2D eigenvalue weighted by molar-refractivity contribution is 6.02. The molecule has 2 unspecified atom stereocenters. The molecule has 0 saturated carbocycles. The molecule has 1 aromatic heterocycles. The van der Waals surface area contributed by atoms with Crippen LogP contribution >= 0.6 is 0 Å². The van der Waals surface area contributed by atoms with E-state index in [0.717, 1.165) is 16.5 Å². The quantitative estimate of drug-likeness (QED) is 0.691. The van der Waals surface area contributed by atoms with Gasteiger partial charge in [-0.05, 0) is 23.6 Å². The summed E-state index contributed by atoms with van der Waals surface area (Å²) >= 11 is 0. The third kappa shape index (κ3) is 3.30. The van der Waals surface area contributed by atoms with E-state index in [9.17, 15) is 9.18 Å². The average molecular weight is 396 g/mol. The number of aromatic nitrogens is 2. The lowest BCUT2D eigenvalue weighted by atomic mass is 9.81. The van der Waals surface area contributed by atoms with Crippen molar-refractivity contribution in [2.24, 2.45) is 18.2 Å². The van der Waals surface area contributed by atoms with Crippen LogP contribution in [-0.2, 0) is 7.05 Å². The number of urea groups is 1. The Bertz CT molecular complexity index is 1090. The smallest absolute Gasteiger partial charge is 0.319 e. The van der Waals surface area contributed by atoms with Crippen LogP contribution in [0.2, 0.25) is 0 Å². The van der Waals surface area contributed by atoms with Crippen LogP contribution in [0.3, 0.4) is 0 Å². The molecule has 4 rings (SSSR count). The summed E-state index contributed by atoms with van der Waals surface area (Å²) in [4.78, 5) is 14.3. The molecule has 2 heterocycles. The zero-order valence-electron chi connectivity index (χ0n) is 17.0. The Kier molecular flexibility index (Phi) is 4.48. The summed E-state index contributed by atoms with van der Waals surface area (Å²) in [7, 11) is 1.85. The van der Waals surface area contributed by atoms with E-state index >= 15 is 0 Å². The number of halogens is 1. The Morgan fingerprint density at radius 3 is 2.76 bits per heavy atom. The second kappa shape index (κ2) is 6.76. The molecule has 0 radical (unpaired) electrons. The standard InChI is InChI=1S/C22H25FN4O2/c1-22(2,3)20-11-18(14-9-8-13(23)10-19(14)29-20)27(21(24)28)17-7-5-6-16-15(17)12-25-26(16)4/h5-10,12,18,20H,11H2,1-4H3,(H2,24,28). The van der Waals surface area contributed by atoms with Crippen LogP contribution in [0.1, 0.15) is 38.8 Å². The fourth-order valence-corrected chi connectivity index (χ4v) is 4.00. The molecular weight excluding hydrogens is 371 g/mol. The molecule has 0 fully saturated rings. The van der Waals surface area contributed by atoms with Gasteiger partial charge in [0, 0.05) is 30.5 Å². The van der Waals surface area contributed by atoms with E-state index < -0.39 is 6.03 Å². The highest BCUT2D eigenvalue weighted by Crippen LogP contribution is 2.45. The Labute approximate surface area is 169 Å². The van der Waals surface area contributed by atoms with Gasteiger partial charge in [-0.25, -0.2) is 9.18 Å². The molecule has 1 aliphatic heterocycles. The zero-order chi connectivity index (χ0) is 20.9. The maximum atomic E-state index is 13.9. The second-order valence-corrected chi connectivity index (χ2v) is 8.59. The minimum absolute atomic E-state index is 0.202. The molecule has 0 spiro atoms. The van der Waals surface area contributed by atoms with Gasteiger partial charge >= 0.3 is 6.03 Å². The molecule has 1 aliphatic rings. The normalized spacial score (nSPS) is 18.9. The summed E-state index contributed by atoms with van der Waals surface area (Å²) in [6.45, 7) is 6.19. The van der Waals surface area contributed by atoms with Crippen molar-refractivity contribution >= 4 is 22.6 Å². The number of carbonyl (C=O) groups is 1. The van der Waals surface area contributed by atoms with Crippen molar-refractivity contribution in [1.82, 2.24) is 9.78 Å². The van der Waals surface area contributed by atoms with Gasteiger partial charge in [0.2, 0.25) is 0 Å². The number of amides is 2. The summed E-state index contributed by atoms with van der Waals surface area (Å²) in [6.07, 6.45) is 2.06. The molecule has 2 atom stereocenters. The Morgan fingerprint density at radius 2 is 2.07 bits per heavy atom. The van der Waals surface area contributed by atoms with Crippen molar-refractivity contribution in [3.05, 3.63) is 54.0 Å². The molecular formula is C22H25FN4O2. The zero-order valence-corrected chi connectivity index (χ0v) is 17.0. The first-order valence-electron chi connectivity index (χ1n) is 9.62. The third-order valence-electron chi connectivity index (χ3n) is 5.58. The molecule has 0 bridgehead atoms. The first-order valence-corrected chi connectivity index (χ1v) is 9.62. The number of fused-ring (bicyclic) bond motifs is 2. The van der Waals surface area contributed by atoms with Gasteiger partial charge < -0.3 is 10.5 Å². The van der Waals surface area contributed by atoms with Gasteiger partial charge in [0.25, 0.3) is 0 Å². The number of anilines is 1. The van der Waals surface area contributed by atoms with Crippen molar-refractivity contribution in [2.75, 3.05) is 4.90 Å². The number of nitrogens with zero attached hydrogens (tertiary/aromatic N) is 3. The molecule has 0 saturated heterocycles. The molecule has 29 heavy (non-hydrogen) atoms. The molecule has 7 heteroatoms. The maximum absolute atomic E-state index is 13.9. The fourth-order valence-electron chi connectivity index (χ4n) is 4.00. The van der Waals surface area contributed by atoms with Crippen LogP contribution in [0.4, 0.5) is 14.9 Å². The number of hydrogen-bond acceptors (Lipinski definition) is 3. The van der Waals surface area contributed by atoms with Crippen molar-refractivity contribution in [2.45, 2.75) is 39.3 Å². The van der Waals surface area contributed by atoms with E-state index in [1.165, 1.54) is 12.1 Å². The largest absolute Gasteiger partial charge is 0.489 e. The van der Waals surface area contributed by atoms with Crippen molar-refractivity contribution < 1.29 is 13.9 Å². The van der Waals surface area contributed by atoms with Crippen molar-refractivity contribution in [1.29, 1.82) is 0 Å². The predicted molar refractivity (Wildman–Crippen MR) is 110 cm³/mol. The van der Waals surface area contributed by atoms with Crippen LogP contribution in [0.5, 0.6) is 5.75 Å². The first-order chi connectivity index (χ1) is 13.7.